The molecule has 1 aliphatic carbocycles. The number of amides is 2. The van der Waals surface area contributed by atoms with Crippen molar-refractivity contribution in [1.82, 2.24) is 0 Å². The molecule has 1 saturated carbocycles. The molecule has 4 heteroatoms. The first-order chi connectivity index (χ1) is 9.37. The van der Waals surface area contributed by atoms with E-state index in [4.69, 9.17) is 0 Å². The molecule has 0 aromatic heterocycles. The molecule has 106 valence electrons. The van der Waals surface area contributed by atoms with Crippen LogP contribution in [0.5, 0.6) is 0 Å². The van der Waals surface area contributed by atoms with Gasteiger partial charge in [0.2, 0.25) is 11.8 Å². The summed E-state index contributed by atoms with van der Waals surface area (Å²) in [4.78, 5) is 27.2. The summed E-state index contributed by atoms with van der Waals surface area (Å²) in [6.07, 6.45) is 2.54. The van der Waals surface area contributed by atoms with E-state index in [0.717, 1.165) is 24.9 Å². The molecule has 2 fully saturated rings. The van der Waals surface area contributed by atoms with Crippen molar-refractivity contribution in [3.63, 3.8) is 0 Å². The van der Waals surface area contributed by atoms with Crippen LogP contribution >= 0.6 is 0 Å². The van der Waals surface area contributed by atoms with Crippen molar-refractivity contribution in [3.8, 4) is 0 Å². The summed E-state index contributed by atoms with van der Waals surface area (Å²) in [5, 5.41) is -0.249. The zero-order valence-corrected chi connectivity index (χ0v) is 13.3. The minimum Gasteiger partial charge on any atom is -0.274 e. The lowest BCUT2D eigenvalue weighted by Gasteiger charge is -2.45. The van der Waals surface area contributed by atoms with Crippen LogP contribution in [0.3, 0.4) is 0 Å². The van der Waals surface area contributed by atoms with Crippen LogP contribution in [0.4, 0.5) is 5.69 Å². The van der Waals surface area contributed by atoms with Gasteiger partial charge in [-0.2, -0.15) is 0 Å². The molecule has 1 saturated heterocycles. The third-order valence-corrected chi connectivity index (χ3v) is 8.69. The molecule has 1 aromatic rings. The van der Waals surface area contributed by atoms with Gasteiger partial charge in [0.25, 0.3) is 0 Å². The summed E-state index contributed by atoms with van der Waals surface area (Å²) in [7, 11) is -1.68. The Hall–Kier alpha value is -1.42. The Bertz CT molecular complexity index is 564. The fraction of sp³-hybridized carbons (Fsp3) is 0.500. The number of carbonyl (C=O) groups is 2. The first-order valence-electron chi connectivity index (χ1n) is 7.30. The molecule has 1 aromatic carbocycles. The van der Waals surface area contributed by atoms with Gasteiger partial charge in [0.1, 0.15) is 0 Å². The average Bonchev–Trinajstić information content (AvgIpc) is 2.81. The summed E-state index contributed by atoms with van der Waals surface area (Å²) in [6, 6.07) is 9.39. The van der Waals surface area contributed by atoms with E-state index in [1.54, 1.807) is 0 Å². The Labute approximate surface area is 121 Å². The highest BCUT2D eigenvalue weighted by molar-refractivity contribution is 6.83. The van der Waals surface area contributed by atoms with Crippen LogP contribution in [-0.2, 0) is 9.59 Å². The highest BCUT2D eigenvalue weighted by atomic mass is 28.3. The standard InChI is InChI=1S/C16H21NO2Si/c1-20(2,3)16-10-9-12(11-16)14(18)17(15(16)19)13-7-5-4-6-8-13/h4-8,12H,9-11H2,1-3H3/t12-,16-/m0/s1. The Morgan fingerprint density at radius 2 is 1.80 bits per heavy atom. The van der Waals surface area contributed by atoms with Crippen molar-refractivity contribution >= 4 is 25.6 Å². The molecule has 2 amide bonds. The summed E-state index contributed by atoms with van der Waals surface area (Å²) < 4.78 is 0. The first-order valence-corrected chi connectivity index (χ1v) is 10.8. The Morgan fingerprint density at radius 3 is 2.40 bits per heavy atom. The number of rotatable bonds is 2. The van der Waals surface area contributed by atoms with Gasteiger partial charge in [-0.3, -0.25) is 14.5 Å². The Morgan fingerprint density at radius 1 is 1.15 bits per heavy atom. The fourth-order valence-corrected chi connectivity index (χ4v) is 6.28. The van der Waals surface area contributed by atoms with Crippen molar-refractivity contribution in [2.75, 3.05) is 4.90 Å². The number of carbonyl (C=O) groups excluding carboxylic acids is 2. The molecule has 0 spiro atoms. The fourth-order valence-electron chi connectivity index (χ4n) is 3.77. The number of hydrogen-bond acceptors (Lipinski definition) is 2. The van der Waals surface area contributed by atoms with E-state index in [2.05, 4.69) is 19.6 Å². The van der Waals surface area contributed by atoms with Gasteiger partial charge < -0.3 is 0 Å². The molecule has 2 aliphatic rings. The maximum absolute atomic E-state index is 13.1. The van der Waals surface area contributed by atoms with Gasteiger partial charge in [0.05, 0.1) is 13.8 Å². The van der Waals surface area contributed by atoms with E-state index >= 15 is 0 Å². The number of anilines is 1. The van der Waals surface area contributed by atoms with Crippen molar-refractivity contribution in [2.45, 2.75) is 43.9 Å². The van der Waals surface area contributed by atoms with Crippen molar-refractivity contribution in [2.24, 2.45) is 5.92 Å². The van der Waals surface area contributed by atoms with Crippen molar-refractivity contribution in [1.29, 1.82) is 0 Å². The lowest BCUT2D eigenvalue weighted by Crippen LogP contribution is -2.56. The summed E-state index contributed by atoms with van der Waals surface area (Å²) in [6.45, 7) is 6.77. The minimum atomic E-state index is -1.68. The van der Waals surface area contributed by atoms with E-state index in [1.807, 2.05) is 30.3 Å². The van der Waals surface area contributed by atoms with Gasteiger partial charge in [-0.1, -0.05) is 37.8 Å². The van der Waals surface area contributed by atoms with Gasteiger partial charge in [-0.05, 0) is 31.4 Å². The molecule has 0 N–H and O–H groups in total. The number of para-hydroxylation sites is 1. The smallest absolute Gasteiger partial charge is 0.237 e. The number of benzene rings is 1. The van der Waals surface area contributed by atoms with Crippen LogP contribution in [0.25, 0.3) is 0 Å². The van der Waals surface area contributed by atoms with E-state index in [9.17, 15) is 9.59 Å². The maximum atomic E-state index is 13.1. The average molecular weight is 287 g/mol. The molecule has 3 rings (SSSR count). The van der Waals surface area contributed by atoms with Crippen molar-refractivity contribution in [3.05, 3.63) is 30.3 Å². The third kappa shape index (κ3) is 1.70. The van der Waals surface area contributed by atoms with E-state index in [-0.39, 0.29) is 22.8 Å². The van der Waals surface area contributed by atoms with Gasteiger partial charge in [-0.25, -0.2) is 0 Å². The first kappa shape index (κ1) is 13.6. The topological polar surface area (TPSA) is 37.4 Å². The largest absolute Gasteiger partial charge is 0.274 e. The molecular formula is C16H21NO2Si. The Kier molecular flexibility index (Phi) is 2.90. The maximum Gasteiger partial charge on any atom is 0.237 e. The number of imide groups is 1. The predicted octanol–water partition coefficient (Wildman–Crippen LogP) is 3.44. The van der Waals surface area contributed by atoms with Gasteiger partial charge >= 0.3 is 0 Å². The zero-order valence-electron chi connectivity index (χ0n) is 12.3. The van der Waals surface area contributed by atoms with Crippen molar-refractivity contribution < 1.29 is 9.59 Å². The molecule has 20 heavy (non-hydrogen) atoms. The number of fused-ring (bicyclic) bond motifs is 2. The summed E-state index contributed by atoms with van der Waals surface area (Å²) in [5.41, 5.74) is 0.733. The van der Waals surface area contributed by atoms with Crippen LogP contribution in [0.15, 0.2) is 30.3 Å². The molecule has 1 heterocycles. The lowest BCUT2D eigenvalue weighted by atomic mass is 9.95. The second-order valence-corrected chi connectivity index (χ2v) is 12.5. The van der Waals surface area contributed by atoms with Crippen LogP contribution < -0.4 is 4.90 Å². The van der Waals surface area contributed by atoms with Crippen LogP contribution in [0.1, 0.15) is 19.3 Å². The quantitative estimate of drug-likeness (QED) is 0.617. The number of nitrogens with zero attached hydrogens (tertiary/aromatic N) is 1. The molecule has 1 aliphatic heterocycles. The molecule has 0 unspecified atom stereocenters. The minimum absolute atomic E-state index is 0.00701. The second kappa shape index (κ2) is 4.28. The predicted molar refractivity (Wildman–Crippen MR) is 82.3 cm³/mol. The van der Waals surface area contributed by atoms with E-state index in [1.165, 1.54) is 4.90 Å². The highest BCUT2D eigenvalue weighted by Crippen LogP contribution is 2.59. The lowest BCUT2D eigenvalue weighted by molar-refractivity contribution is -0.132. The summed E-state index contributed by atoms with van der Waals surface area (Å²) in [5.74, 6) is 0.105. The third-order valence-electron chi connectivity index (χ3n) is 5.15. The van der Waals surface area contributed by atoms with Gasteiger partial charge in [0, 0.05) is 11.0 Å². The SMILES string of the molecule is C[Si](C)(C)[C@@]12CC[C@@H](C1)C(=O)N(c1ccccc1)C2=O. The van der Waals surface area contributed by atoms with E-state index < -0.39 is 8.07 Å². The van der Waals surface area contributed by atoms with Crippen LogP contribution in [-0.4, -0.2) is 19.9 Å². The monoisotopic (exact) mass is 287 g/mol. The highest BCUT2D eigenvalue weighted by Gasteiger charge is 2.61. The molecule has 2 bridgehead atoms. The molecule has 3 nitrogen and oxygen atoms in total. The zero-order chi connectivity index (χ0) is 14.5. The number of piperidine rings is 1. The Balaban J connectivity index is 2.09. The van der Waals surface area contributed by atoms with Gasteiger partial charge in [-0.15, -0.1) is 0 Å². The molecule has 2 atom stereocenters. The van der Waals surface area contributed by atoms with Crippen LogP contribution in [0, 0.1) is 5.92 Å². The molecule has 0 radical (unpaired) electrons. The van der Waals surface area contributed by atoms with E-state index in [0.29, 0.717) is 0 Å². The van der Waals surface area contributed by atoms with Crippen LogP contribution in [0.2, 0.25) is 24.7 Å². The normalized spacial score (nSPS) is 29.9. The van der Waals surface area contributed by atoms with Gasteiger partial charge in [0.15, 0.2) is 0 Å². The molecular weight excluding hydrogens is 266 g/mol. The number of hydrogen-bond donors (Lipinski definition) is 0. The second-order valence-electron chi connectivity index (χ2n) is 7.09. The summed E-state index contributed by atoms with van der Waals surface area (Å²) >= 11 is 0.